The lowest BCUT2D eigenvalue weighted by molar-refractivity contribution is 0.751. The summed E-state index contributed by atoms with van der Waals surface area (Å²) in [5.74, 6) is 0.564. The fraction of sp³-hybridized carbons (Fsp3) is 0.364. The summed E-state index contributed by atoms with van der Waals surface area (Å²) >= 11 is 10.7. The highest BCUT2D eigenvalue weighted by molar-refractivity contribution is 7.80. The highest BCUT2D eigenvalue weighted by Crippen LogP contribution is 2.13. The maximum atomic E-state index is 6.01. The molecule has 0 saturated carbocycles. The van der Waals surface area contributed by atoms with Crippen LogP contribution in [0.4, 0.5) is 0 Å². The molecular weight excluding hydrogens is 270 g/mol. The van der Waals surface area contributed by atoms with Gasteiger partial charge >= 0.3 is 0 Å². The number of halogens is 1. The van der Waals surface area contributed by atoms with E-state index in [-0.39, 0.29) is 5.11 Å². The van der Waals surface area contributed by atoms with Crippen molar-refractivity contribution in [2.24, 2.45) is 10.7 Å². The van der Waals surface area contributed by atoms with Gasteiger partial charge in [0.1, 0.15) is 0 Å². The first-order valence-corrected chi connectivity index (χ1v) is 6.28. The Hall–Kier alpha value is -1.40. The van der Waals surface area contributed by atoms with Crippen molar-refractivity contribution < 1.29 is 0 Å². The van der Waals surface area contributed by atoms with Crippen LogP contribution in [0.25, 0.3) is 0 Å². The lowest BCUT2D eigenvalue weighted by Gasteiger charge is -2.10. The number of nitrogens with one attached hydrogen (secondary N) is 2. The average molecular weight is 286 g/mol. The number of pyridine rings is 1. The van der Waals surface area contributed by atoms with Gasteiger partial charge in [-0.15, -0.1) is 0 Å². The molecule has 7 heteroatoms. The molecule has 0 aliphatic carbocycles. The van der Waals surface area contributed by atoms with Crippen molar-refractivity contribution in [3.63, 3.8) is 0 Å². The van der Waals surface area contributed by atoms with Crippen molar-refractivity contribution >= 4 is 34.9 Å². The van der Waals surface area contributed by atoms with E-state index in [2.05, 4.69) is 20.6 Å². The van der Waals surface area contributed by atoms with Gasteiger partial charge in [0.05, 0.1) is 10.7 Å². The molecule has 0 unspecified atom stereocenters. The van der Waals surface area contributed by atoms with Gasteiger partial charge in [0.25, 0.3) is 0 Å². The average Bonchev–Trinajstić information content (AvgIpc) is 2.34. The summed E-state index contributed by atoms with van der Waals surface area (Å²) in [5, 5.41) is 6.72. The van der Waals surface area contributed by atoms with Gasteiger partial charge in [-0.2, -0.15) is 0 Å². The van der Waals surface area contributed by atoms with Gasteiger partial charge in [0.15, 0.2) is 11.1 Å². The summed E-state index contributed by atoms with van der Waals surface area (Å²) < 4.78 is 0. The van der Waals surface area contributed by atoms with E-state index in [0.29, 0.717) is 11.0 Å². The first-order chi connectivity index (χ1) is 8.63. The van der Waals surface area contributed by atoms with Crippen molar-refractivity contribution in [3.05, 3.63) is 29.0 Å². The van der Waals surface area contributed by atoms with Crippen LogP contribution in [0.15, 0.2) is 23.3 Å². The molecule has 1 heterocycles. The molecule has 1 rings (SSSR count). The summed E-state index contributed by atoms with van der Waals surface area (Å²) in [4.78, 5) is 8.19. The van der Waals surface area contributed by atoms with Crippen LogP contribution >= 0.6 is 23.8 Å². The molecule has 0 aliphatic heterocycles. The van der Waals surface area contributed by atoms with Gasteiger partial charge in [-0.05, 0) is 37.2 Å². The summed E-state index contributed by atoms with van der Waals surface area (Å²) in [5.41, 5.74) is 6.26. The molecule has 5 nitrogen and oxygen atoms in total. The van der Waals surface area contributed by atoms with Crippen molar-refractivity contribution in [2.45, 2.75) is 12.8 Å². The SMILES string of the molecule is CN=C(NCCCc1ncccc1Cl)NC(N)=S. The normalized spacial score (nSPS) is 11.1. The Balaban J connectivity index is 2.30. The third-order valence-electron chi connectivity index (χ3n) is 2.18. The zero-order valence-corrected chi connectivity index (χ0v) is 11.7. The molecule has 1 aromatic heterocycles. The predicted octanol–water partition coefficient (Wildman–Crippen LogP) is 1.08. The number of hydrogen-bond acceptors (Lipinski definition) is 3. The molecule has 0 amide bonds. The van der Waals surface area contributed by atoms with Gasteiger partial charge in [0, 0.05) is 19.8 Å². The standard InChI is InChI=1S/C11H16ClN5S/c1-14-11(17-10(13)18)16-7-3-5-9-8(12)4-2-6-15-9/h2,4,6H,3,5,7H2,1H3,(H4,13,14,16,17,18). The Morgan fingerprint density at radius 3 is 3.00 bits per heavy atom. The summed E-state index contributed by atoms with van der Waals surface area (Å²) in [6, 6.07) is 3.66. The first kappa shape index (κ1) is 14.7. The third-order valence-corrected chi connectivity index (χ3v) is 2.63. The second-order valence-electron chi connectivity index (χ2n) is 3.52. The van der Waals surface area contributed by atoms with Gasteiger partial charge in [0.2, 0.25) is 0 Å². The number of guanidine groups is 1. The van der Waals surface area contributed by atoms with E-state index in [1.165, 1.54) is 0 Å². The van der Waals surface area contributed by atoms with Crippen LogP contribution in [-0.4, -0.2) is 29.6 Å². The largest absolute Gasteiger partial charge is 0.376 e. The first-order valence-electron chi connectivity index (χ1n) is 5.50. The molecular formula is C11H16ClN5S. The van der Waals surface area contributed by atoms with Crippen LogP contribution in [0, 0.1) is 0 Å². The summed E-state index contributed by atoms with van der Waals surface area (Å²) in [7, 11) is 1.66. The Kier molecular flexibility index (Phi) is 6.38. The molecule has 0 aliphatic rings. The molecule has 0 spiro atoms. The van der Waals surface area contributed by atoms with Crippen LogP contribution in [0.3, 0.4) is 0 Å². The maximum absolute atomic E-state index is 6.01. The number of aryl methyl sites for hydroxylation is 1. The van der Waals surface area contributed by atoms with Crippen molar-refractivity contribution in [1.82, 2.24) is 15.6 Å². The molecule has 0 aromatic carbocycles. The highest BCUT2D eigenvalue weighted by atomic mass is 35.5. The van der Waals surface area contributed by atoms with Gasteiger partial charge in [-0.3, -0.25) is 9.98 Å². The van der Waals surface area contributed by atoms with Crippen LogP contribution < -0.4 is 16.4 Å². The molecule has 0 atom stereocenters. The van der Waals surface area contributed by atoms with Crippen LogP contribution in [0.1, 0.15) is 12.1 Å². The lowest BCUT2D eigenvalue weighted by atomic mass is 10.2. The molecule has 1 aromatic rings. The van der Waals surface area contributed by atoms with E-state index < -0.39 is 0 Å². The smallest absolute Gasteiger partial charge is 0.197 e. The Labute approximate surface area is 117 Å². The zero-order chi connectivity index (χ0) is 13.4. The number of rotatable bonds is 4. The summed E-state index contributed by atoms with van der Waals surface area (Å²) in [6.45, 7) is 0.731. The Bertz CT molecular complexity index is 435. The second-order valence-corrected chi connectivity index (χ2v) is 4.37. The zero-order valence-electron chi connectivity index (χ0n) is 10.1. The molecule has 4 N–H and O–H groups in total. The number of aromatic nitrogens is 1. The minimum Gasteiger partial charge on any atom is -0.376 e. The topological polar surface area (TPSA) is 75.3 Å². The number of aliphatic imine (C=N–C) groups is 1. The van der Waals surface area contributed by atoms with Crippen molar-refractivity contribution in [3.8, 4) is 0 Å². The minimum atomic E-state index is 0.191. The van der Waals surface area contributed by atoms with E-state index in [1.54, 1.807) is 13.2 Å². The number of hydrogen-bond donors (Lipinski definition) is 3. The van der Waals surface area contributed by atoms with Crippen LogP contribution in [0.2, 0.25) is 5.02 Å². The van der Waals surface area contributed by atoms with Gasteiger partial charge in [-0.25, -0.2) is 0 Å². The minimum absolute atomic E-state index is 0.191. The Morgan fingerprint density at radius 2 is 2.39 bits per heavy atom. The lowest BCUT2D eigenvalue weighted by Crippen LogP contribution is -2.43. The van der Waals surface area contributed by atoms with E-state index >= 15 is 0 Å². The van der Waals surface area contributed by atoms with Crippen LogP contribution in [-0.2, 0) is 6.42 Å². The molecule has 0 fully saturated rings. The fourth-order valence-electron chi connectivity index (χ4n) is 1.36. The Morgan fingerprint density at radius 1 is 1.61 bits per heavy atom. The fourth-order valence-corrected chi connectivity index (χ4v) is 1.67. The maximum Gasteiger partial charge on any atom is 0.197 e. The molecule has 0 radical (unpaired) electrons. The molecule has 0 bridgehead atoms. The predicted molar refractivity (Wildman–Crippen MR) is 78.9 cm³/mol. The number of nitrogens with two attached hydrogens (primary N) is 1. The van der Waals surface area contributed by atoms with E-state index in [0.717, 1.165) is 25.1 Å². The number of thiocarbonyl (C=S) groups is 1. The van der Waals surface area contributed by atoms with Gasteiger partial charge in [-0.1, -0.05) is 11.6 Å². The van der Waals surface area contributed by atoms with Crippen molar-refractivity contribution in [1.29, 1.82) is 0 Å². The molecule has 18 heavy (non-hydrogen) atoms. The van der Waals surface area contributed by atoms with E-state index in [4.69, 9.17) is 29.6 Å². The molecule has 0 saturated heterocycles. The van der Waals surface area contributed by atoms with Crippen LogP contribution in [0.5, 0.6) is 0 Å². The van der Waals surface area contributed by atoms with Gasteiger partial charge < -0.3 is 16.4 Å². The monoisotopic (exact) mass is 285 g/mol. The van der Waals surface area contributed by atoms with E-state index in [1.807, 2.05) is 12.1 Å². The van der Waals surface area contributed by atoms with Crippen molar-refractivity contribution in [2.75, 3.05) is 13.6 Å². The summed E-state index contributed by atoms with van der Waals surface area (Å²) in [6.07, 6.45) is 3.42. The number of nitrogens with zero attached hydrogens (tertiary/aromatic N) is 2. The second kappa shape index (κ2) is 7.84. The molecule has 98 valence electrons. The quantitative estimate of drug-likeness (QED) is 0.334. The van der Waals surface area contributed by atoms with E-state index in [9.17, 15) is 0 Å². The third kappa shape index (κ3) is 5.29. The highest BCUT2D eigenvalue weighted by Gasteiger charge is 2.01.